The number of aryl methyl sites for hydroxylation is 3. The average Bonchev–Trinajstić information content (AvgIpc) is 3.01. The minimum atomic E-state index is -3.00. The third-order valence-corrected chi connectivity index (χ3v) is 4.76. The van der Waals surface area contributed by atoms with Crippen LogP contribution in [0, 0.1) is 20.8 Å². The molecule has 0 radical (unpaired) electrons. The fourth-order valence-corrected chi connectivity index (χ4v) is 3.74. The molecule has 1 aromatic heterocycles. The van der Waals surface area contributed by atoms with E-state index in [2.05, 4.69) is 27.2 Å². The number of hydrogen-bond acceptors (Lipinski definition) is 4. The average molecular weight is 388 g/mol. The van der Waals surface area contributed by atoms with Gasteiger partial charge in [-0.3, -0.25) is 10.1 Å². The zero-order valence-electron chi connectivity index (χ0n) is 15.0. The van der Waals surface area contributed by atoms with Crippen LogP contribution in [0.3, 0.4) is 0 Å². The second-order valence-electron chi connectivity index (χ2n) is 6.14. The minimum Gasteiger partial charge on any atom is -0.434 e. The number of carbonyl (C=O) groups excluding carboxylic acids is 1. The van der Waals surface area contributed by atoms with Gasteiger partial charge in [0.25, 0.3) is 5.91 Å². The first-order chi connectivity index (χ1) is 12.8. The first-order valence-corrected chi connectivity index (χ1v) is 9.12. The summed E-state index contributed by atoms with van der Waals surface area (Å²) in [6, 6.07) is 10.0. The van der Waals surface area contributed by atoms with Crippen molar-refractivity contribution in [1.82, 2.24) is 4.98 Å². The van der Waals surface area contributed by atoms with Gasteiger partial charge in [-0.25, -0.2) is 4.98 Å². The maximum Gasteiger partial charge on any atom is 0.387 e. The summed E-state index contributed by atoms with van der Waals surface area (Å²) in [6.45, 7) is 3.07. The van der Waals surface area contributed by atoms with E-state index in [-0.39, 0.29) is 11.3 Å². The van der Waals surface area contributed by atoms with E-state index in [4.69, 9.17) is 0 Å². The van der Waals surface area contributed by atoms with Crippen molar-refractivity contribution in [3.63, 3.8) is 0 Å². The number of aromatic nitrogens is 1. The van der Waals surface area contributed by atoms with Gasteiger partial charge in [-0.05, 0) is 44.0 Å². The predicted octanol–water partition coefficient (Wildman–Crippen LogP) is 5.59. The Kier molecular flexibility index (Phi) is 5.51. The molecule has 140 valence electrons. The smallest absolute Gasteiger partial charge is 0.387 e. The third-order valence-electron chi connectivity index (χ3n) is 4.01. The molecule has 0 saturated heterocycles. The molecule has 4 nitrogen and oxygen atoms in total. The number of nitrogens with zero attached hydrogens (tertiary/aromatic N) is 1. The van der Waals surface area contributed by atoms with Crippen molar-refractivity contribution in [3.05, 3.63) is 64.0 Å². The van der Waals surface area contributed by atoms with Gasteiger partial charge >= 0.3 is 6.61 Å². The number of amides is 1. The lowest BCUT2D eigenvalue weighted by atomic mass is 9.98. The van der Waals surface area contributed by atoms with Crippen LogP contribution in [0.25, 0.3) is 11.3 Å². The number of thiazole rings is 1. The molecule has 3 aromatic rings. The number of ether oxygens (including phenoxy) is 1. The van der Waals surface area contributed by atoms with Gasteiger partial charge in [0.1, 0.15) is 5.75 Å². The van der Waals surface area contributed by atoms with E-state index in [1.807, 2.05) is 26.2 Å². The molecule has 0 atom stereocenters. The number of nitrogens with one attached hydrogen (secondary N) is 1. The summed E-state index contributed by atoms with van der Waals surface area (Å²) in [5, 5.41) is 4.91. The molecule has 0 spiro atoms. The quantitative estimate of drug-likeness (QED) is 0.620. The summed E-state index contributed by atoms with van der Waals surface area (Å²) >= 11 is 1.28. The maximum atomic E-state index is 12.5. The number of benzene rings is 2. The lowest BCUT2D eigenvalue weighted by molar-refractivity contribution is -0.0501. The number of anilines is 1. The van der Waals surface area contributed by atoms with Gasteiger partial charge in [0.2, 0.25) is 0 Å². The zero-order valence-corrected chi connectivity index (χ0v) is 15.9. The molecule has 0 aliphatic rings. The molecular weight excluding hydrogens is 370 g/mol. The van der Waals surface area contributed by atoms with E-state index >= 15 is 0 Å². The highest BCUT2D eigenvalue weighted by Crippen LogP contribution is 2.31. The highest BCUT2D eigenvalue weighted by Gasteiger charge is 2.17. The molecule has 2 aromatic carbocycles. The van der Waals surface area contributed by atoms with Gasteiger partial charge < -0.3 is 4.74 Å². The summed E-state index contributed by atoms with van der Waals surface area (Å²) in [6.07, 6.45) is 0. The summed E-state index contributed by atoms with van der Waals surface area (Å²) < 4.78 is 29.5. The van der Waals surface area contributed by atoms with Gasteiger partial charge in [0.15, 0.2) is 5.13 Å². The minimum absolute atomic E-state index is 0.0252. The van der Waals surface area contributed by atoms with Gasteiger partial charge in [0.05, 0.1) is 11.3 Å². The Morgan fingerprint density at radius 2 is 1.81 bits per heavy atom. The Bertz CT molecular complexity index is 963. The molecule has 27 heavy (non-hydrogen) atoms. The standard InChI is InChI=1S/C20H18F2N2O2S/c1-11-8-12(2)17(13(3)9-11)15-10-27-20(23-15)24-18(25)14-6-4-5-7-16(14)26-19(21)22/h4-10,19H,1-3H3,(H,23,24,25). The normalized spacial score (nSPS) is 10.9. The number of halogens is 2. The van der Waals surface area contributed by atoms with Crippen LogP contribution in [0.5, 0.6) is 5.75 Å². The second kappa shape index (κ2) is 7.84. The van der Waals surface area contributed by atoms with Gasteiger partial charge in [-0.1, -0.05) is 29.8 Å². The number of rotatable bonds is 5. The number of hydrogen-bond donors (Lipinski definition) is 1. The molecule has 1 N–H and O–H groups in total. The summed E-state index contributed by atoms with van der Waals surface area (Å²) in [5.41, 5.74) is 5.20. The monoisotopic (exact) mass is 388 g/mol. The largest absolute Gasteiger partial charge is 0.434 e. The number of alkyl halides is 2. The molecule has 0 aliphatic carbocycles. The highest BCUT2D eigenvalue weighted by atomic mass is 32.1. The van der Waals surface area contributed by atoms with Crippen LogP contribution in [0.15, 0.2) is 41.8 Å². The van der Waals surface area contributed by atoms with Crippen LogP contribution in [-0.4, -0.2) is 17.5 Å². The molecule has 3 rings (SSSR count). The maximum absolute atomic E-state index is 12.5. The highest BCUT2D eigenvalue weighted by molar-refractivity contribution is 7.14. The Morgan fingerprint density at radius 3 is 2.48 bits per heavy atom. The molecule has 0 aliphatic heterocycles. The third kappa shape index (κ3) is 4.31. The van der Waals surface area contributed by atoms with Crippen molar-refractivity contribution >= 4 is 22.4 Å². The number of carbonyl (C=O) groups is 1. The van der Waals surface area contributed by atoms with E-state index < -0.39 is 12.5 Å². The second-order valence-corrected chi connectivity index (χ2v) is 7.00. The van der Waals surface area contributed by atoms with E-state index in [9.17, 15) is 13.6 Å². The van der Waals surface area contributed by atoms with Crippen molar-refractivity contribution < 1.29 is 18.3 Å². The molecule has 0 bridgehead atoms. The topological polar surface area (TPSA) is 51.2 Å². The summed E-state index contributed by atoms with van der Waals surface area (Å²) in [5.74, 6) is -0.725. The van der Waals surface area contributed by atoms with Gasteiger partial charge in [-0.2, -0.15) is 8.78 Å². The SMILES string of the molecule is Cc1cc(C)c(-c2csc(NC(=O)c3ccccc3OC(F)F)n2)c(C)c1. The Labute approximate surface area is 159 Å². The molecule has 0 fully saturated rings. The van der Waals surface area contributed by atoms with Crippen LogP contribution < -0.4 is 10.1 Å². The molecular formula is C20H18F2N2O2S. The number of para-hydroxylation sites is 1. The van der Waals surface area contributed by atoms with Crippen molar-refractivity contribution in [2.75, 3.05) is 5.32 Å². The lowest BCUT2D eigenvalue weighted by Gasteiger charge is -2.10. The summed E-state index contributed by atoms with van der Waals surface area (Å²) in [4.78, 5) is 17.0. The van der Waals surface area contributed by atoms with E-state index in [1.54, 1.807) is 6.07 Å². The van der Waals surface area contributed by atoms with E-state index in [0.29, 0.717) is 5.13 Å². The van der Waals surface area contributed by atoms with Crippen LogP contribution in [-0.2, 0) is 0 Å². The Hall–Kier alpha value is -2.80. The predicted molar refractivity (Wildman–Crippen MR) is 103 cm³/mol. The molecule has 0 unspecified atom stereocenters. The Morgan fingerprint density at radius 1 is 1.15 bits per heavy atom. The van der Waals surface area contributed by atoms with Gasteiger partial charge in [0, 0.05) is 10.9 Å². The van der Waals surface area contributed by atoms with Crippen LogP contribution in [0.4, 0.5) is 13.9 Å². The molecule has 0 saturated carbocycles. The first-order valence-electron chi connectivity index (χ1n) is 8.24. The lowest BCUT2D eigenvalue weighted by Crippen LogP contribution is -2.14. The van der Waals surface area contributed by atoms with Crippen LogP contribution in [0.1, 0.15) is 27.0 Å². The fourth-order valence-electron chi connectivity index (χ4n) is 3.05. The fraction of sp³-hybridized carbons (Fsp3) is 0.200. The van der Waals surface area contributed by atoms with Crippen molar-refractivity contribution in [2.24, 2.45) is 0 Å². The zero-order chi connectivity index (χ0) is 19.6. The first kappa shape index (κ1) is 19.0. The summed E-state index contributed by atoms with van der Waals surface area (Å²) in [7, 11) is 0. The van der Waals surface area contributed by atoms with Crippen molar-refractivity contribution in [2.45, 2.75) is 27.4 Å². The molecule has 7 heteroatoms. The van der Waals surface area contributed by atoms with Crippen LogP contribution in [0.2, 0.25) is 0 Å². The van der Waals surface area contributed by atoms with E-state index in [0.717, 1.165) is 22.4 Å². The van der Waals surface area contributed by atoms with Crippen molar-refractivity contribution in [3.8, 4) is 17.0 Å². The Balaban J connectivity index is 1.84. The van der Waals surface area contributed by atoms with Gasteiger partial charge in [-0.15, -0.1) is 11.3 Å². The van der Waals surface area contributed by atoms with E-state index in [1.165, 1.54) is 35.1 Å². The van der Waals surface area contributed by atoms with Crippen LogP contribution >= 0.6 is 11.3 Å². The molecule has 1 amide bonds. The van der Waals surface area contributed by atoms with Crippen molar-refractivity contribution in [1.29, 1.82) is 0 Å². The molecule has 1 heterocycles.